The van der Waals surface area contributed by atoms with Gasteiger partial charge in [-0.3, -0.25) is 9.78 Å². The maximum atomic E-state index is 12.9. The van der Waals surface area contributed by atoms with E-state index in [9.17, 15) is 26.4 Å². The molecule has 0 amide bonds. The maximum Gasteiger partial charge on any atom is 0.434 e. The summed E-state index contributed by atoms with van der Waals surface area (Å²) in [5.74, 6) is -1.37. The molecule has 1 atom stereocenters. The summed E-state index contributed by atoms with van der Waals surface area (Å²) in [5, 5.41) is 9.10. The first-order chi connectivity index (χ1) is 10.2. The highest BCUT2D eigenvalue weighted by molar-refractivity contribution is 7.89. The van der Waals surface area contributed by atoms with Crippen LogP contribution in [0.5, 0.6) is 0 Å². The van der Waals surface area contributed by atoms with Crippen LogP contribution in [-0.2, 0) is 21.0 Å². The zero-order valence-electron chi connectivity index (χ0n) is 11.2. The number of carboxylic acid groups (broad SMARTS) is 1. The third-order valence-corrected chi connectivity index (χ3v) is 5.30. The van der Waals surface area contributed by atoms with E-state index in [0.717, 1.165) is 18.3 Å². The molecule has 1 aromatic heterocycles. The molecule has 1 aromatic rings. The third kappa shape index (κ3) is 3.07. The van der Waals surface area contributed by atoms with Gasteiger partial charge in [0.05, 0.1) is 0 Å². The normalized spacial score (nSPS) is 20.8. The molecular weight excluding hydrogens is 325 g/mol. The molecule has 122 valence electrons. The van der Waals surface area contributed by atoms with E-state index >= 15 is 0 Å². The summed E-state index contributed by atoms with van der Waals surface area (Å²) in [6.45, 7) is -0.133. The monoisotopic (exact) mass is 338 g/mol. The lowest BCUT2D eigenvalue weighted by molar-refractivity contribution is -0.143. The molecule has 1 aliphatic rings. The van der Waals surface area contributed by atoms with Crippen molar-refractivity contribution in [2.24, 2.45) is 0 Å². The van der Waals surface area contributed by atoms with Gasteiger partial charge in [0.1, 0.15) is 10.9 Å². The van der Waals surface area contributed by atoms with E-state index in [4.69, 9.17) is 5.11 Å². The summed E-state index contributed by atoms with van der Waals surface area (Å²) in [6, 6.07) is 0.501. The van der Waals surface area contributed by atoms with Crippen molar-refractivity contribution in [3.8, 4) is 0 Å². The van der Waals surface area contributed by atoms with Crippen molar-refractivity contribution < 1.29 is 31.5 Å². The number of rotatable bonds is 3. The van der Waals surface area contributed by atoms with E-state index in [1.165, 1.54) is 0 Å². The Morgan fingerprint density at radius 2 is 2.05 bits per heavy atom. The number of aromatic nitrogens is 1. The van der Waals surface area contributed by atoms with Crippen molar-refractivity contribution in [2.75, 3.05) is 6.54 Å². The summed E-state index contributed by atoms with van der Waals surface area (Å²) in [5.41, 5.74) is -1.54. The number of carboxylic acids is 1. The highest BCUT2D eigenvalue weighted by atomic mass is 32.2. The number of halogens is 3. The maximum absolute atomic E-state index is 12.9. The molecule has 0 bridgehead atoms. The summed E-state index contributed by atoms with van der Waals surface area (Å²) < 4.78 is 64.4. The van der Waals surface area contributed by atoms with Crippen LogP contribution in [0.2, 0.25) is 0 Å². The predicted octanol–water partition coefficient (Wildman–Crippen LogP) is 1.73. The standard InChI is InChI=1S/C12H13F3N2O4S/c13-12(14,15)10-9(5-3-6-16-10)22(20,21)17-7-2-1-4-8(17)11(18)19/h3,5-6,8H,1-2,4,7H2,(H,18,19). The third-order valence-electron chi connectivity index (χ3n) is 3.36. The van der Waals surface area contributed by atoms with Crippen LogP contribution >= 0.6 is 0 Å². The predicted molar refractivity (Wildman–Crippen MR) is 68.4 cm³/mol. The molecule has 1 N–H and O–H groups in total. The molecule has 0 aromatic carbocycles. The quantitative estimate of drug-likeness (QED) is 0.907. The van der Waals surface area contributed by atoms with Gasteiger partial charge < -0.3 is 5.11 Å². The smallest absolute Gasteiger partial charge is 0.434 e. The molecule has 1 fully saturated rings. The van der Waals surface area contributed by atoms with Crippen LogP contribution in [0.4, 0.5) is 13.2 Å². The lowest BCUT2D eigenvalue weighted by Gasteiger charge is -2.32. The Bertz CT molecular complexity index is 675. The summed E-state index contributed by atoms with van der Waals surface area (Å²) in [4.78, 5) is 13.3. The Morgan fingerprint density at radius 3 is 2.64 bits per heavy atom. The average molecular weight is 338 g/mol. The van der Waals surface area contributed by atoms with Gasteiger partial charge in [-0.25, -0.2) is 8.42 Å². The number of piperidine rings is 1. The zero-order chi connectivity index (χ0) is 16.5. The van der Waals surface area contributed by atoms with Gasteiger partial charge in [0.25, 0.3) is 0 Å². The number of carbonyl (C=O) groups is 1. The SMILES string of the molecule is O=C(O)C1CCCCN1S(=O)(=O)c1cccnc1C(F)(F)F. The molecule has 0 saturated carbocycles. The van der Waals surface area contributed by atoms with Crippen molar-refractivity contribution in [1.82, 2.24) is 9.29 Å². The topological polar surface area (TPSA) is 87.6 Å². The molecule has 0 aliphatic carbocycles. The van der Waals surface area contributed by atoms with Gasteiger partial charge in [-0.1, -0.05) is 0 Å². The number of nitrogens with zero attached hydrogens (tertiary/aromatic N) is 2. The van der Waals surface area contributed by atoms with Crippen molar-refractivity contribution in [1.29, 1.82) is 0 Å². The highest BCUT2D eigenvalue weighted by Crippen LogP contribution is 2.35. The molecule has 22 heavy (non-hydrogen) atoms. The Labute approximate surface area is 124 Å². The van der Waals surface area contributed by atoms with Gasteiger partial charge in [-0.05, 0) is 31.4 Å². The Hall–Kier alpha value is -1.68. The minimum Gasteiger partial charge on any atom is -0.480 e. The fraction of sp³-hybridized carbons (Fsp3) is 0.500. The molecule has 0 radical (unpaired) electrons. The van der Waals surface area contributed by atoms with Crippen molar-refractivity contribution in [3.63, 3.8) is 0 Å². The van der Waals surface area contributed by atoms with E-state index in [2.05, 4.69) is 4.98 Å². The van der Waals surface area contributed by atoms with E-state index in [-0.39, 0.29) is 13.0 Å². The first kappa shape index (κ1) is 16.7. The number of alkyl halides is 3. The second-order valence-electron chi connectivity index (χ2n) is 4.81. The van der Waals surface area contributed by atoms with Crippen molar-refractivity contribution in [3.05, 3.63) is 24.0 Å². The molecule has 2 rings (SSSR count). The summed E-state index contributed by atoms with van der Waals surface area (Å²) in [6.07, 6.45) is -3.14. The zero-order valence-corrected chi connectivity index (χ0v) is 12.1. The Morgan fingerprint density at radius 1 is 1.36 bits per heavy atom. The Kier molecular flexibility index (Phi) is 4.43. The van der Waals surface area contributed by atoms with Crippen LogP contribution in [0.1, 0.15) is 25.0 Å². The van der Waals surface area contributed by atoms with Crippen molar-refractivity contribution >= 4 is 16.0 Å². The number of hydrogen-bond donors (Lipinski definition) is 1. The van der Waals surface area contributed by atoms with E-state index in [1.807, 2.05) is 0 Å². The van der Waals surface area contributed by atoms with Crippen molar-refractivity contribution in [2.45, 2.75) is 36.4 Å². The fourth-order valence-electron chi connectivity index (χ4n) is 2.38. The molecule has 1 unspecified atom stereocenters. The summed E-state index contributed by atoms with van der Waals surface area (Å²) in [7, 11) is -4.60. The molecular formula is C12H13F3N2O4S. The van der Waals surface area contributed by atoms with Crippen LogP contribution in [0.15, 0.2) is 23.2 Å². The number of aliphatic carboxylic acids is 1. The molecule has 10 heteroatoms. The number of sulfonamides is 1. The Balaban J connectivity index is 2.53. The number of hydrogen-bond acceptors (Lipinski definition) is 4. The van der Waals surface area contributed by atoms with Crippen LogP contribution in [0, 0.1) is 0 Å². The van der Waals surface area contributed by atoms with Crippen LogP contribution < -0.4 is 0 Å². The molecule has 6 nitrogen and oxygen atoms in total. The second-order valence-corrected chi connectivity index (χ2v) is 6.67. The summed E-state index contributed by atoms with van der Waals surface area (Å²) >= 11 is 0. The molecule has 1 aliphatic heterocycles. The lowest BCUT2D eigenvalue weighted by Crippen LogP contribution is -2.48. The first-order valence-corrected chi connectivity index (χ1v) is 7.86. The average Bonchev–Trinajstić information content (AvgIpc) is 2.46. The van der Waals surface area contributed by atoms with Crippen LogP contribution in [0.25, 0.3) is 0 Å². The lowest BCUT2D eigenvalue weighted by atomic mass is 10.1. The van der Waals surface area contributed by atoms with Gasteiger partial charge in [-0.15, -0.1) is 0 Å². The minimum absolute atomic E-state index is 0.0657. The fourth-order valence-corrected chi connectivity index (χ4v) is 4.19. The van der Waals surface area contributed by atoms with Crippen LogP contribution in [-0.4, -0.2) is 41.4 Å². The minimum atomic E-state index is -4.95. The van der Waals surface area contributed by atoms with Gasteiger partial charge in [0.15, 0.2) is 5.69 Å². The number of pyridine rings is 1. The van der Waals surface area contributed by atoms with E-state index < -0.39 is 38.8 Å². The first-order valence-electron chi connectivity index (χ1n) is 6.42. The van der Waals surface area contributed by atoms with E-state index in [1.54, 1.807) is 0 Å². The largest absolute Gasteiger partial charge is 0.480 e. The highest BCUT2D eigenvalue weighted by Gasteiger charge is 2.44. The van der Waals surface area contributed by atoms with Gasteiger partial charge in [-0.2, -0.15) is 17.5 Å². The molecule has 1 saturated heterocycles. The second kappa shape index (κ2) is 5.84. The van der Waals surface area contributed by atoms with Gasteiger partial charge in [0.2, 0.25) is 10.0 Å². The molecule has 2 heterocycles. The van der Waals surface area contributed by atoms with Crippen LogP contribution in [0.3, 0.4) is 0 Å². The van der Waals surface area contributed by atoms with E-state index in [0.29, 0.717) is 17.1 Å². The van der Waals surface area contributed by atoms with Gasteiger partial charge >= 0.3 is 12.1 Å². The van der Waals surface area contributed by atoms with Gasteiger partial charge in [0, 0.05) is 12.7 Å². The molecule has 0 spiro atoms.